The van der Waals surface area contributed by atoms with Crippen LogP contribution >= 0.6 is 0 Å². The number of piperazine rings is 1. The number of esters is 1. The minimum Gasteiger partial charge on any atom is -0.465 e. The Morgan fingerprint density at radius 2 is 1.57 bits per heavy atom. The van der Waals surface area contributed by atoms with Gasteiger partial charge in [0.25, 0.3) is 5.56 Å². The maximum absolute atomic E-state index is 15.0. The number of aromatic nitrogens is 2. The average Bonchev–Trinajstić information content (AvgIpc) is 3.06. The first-order chi connectivity index (χ1) is 22.4. The Kier molecular flexibility index (Phi) is 9.99. The standard InChI is InChI=1S/C35H36F4N4O4/c1-23(26-10-5-4-6-11-26)20-43-32(44)31(24(2)42(34(43)46)22-28-29(35(37,38)39)13-8-14-30(28)36)41-17-15-40(16-18-41)21-25-9-7-12-27(19-25)33(45)47-3/h4-14,19,23H,15-18,20-22H2,1-3H3/t23-/m0/s1. The molecule has 5 rings (SSSR count). The van der Waals surface area contributed by atoms with Crippen LogP contribution in [0.25, 0.3) is 0 Å². The van der Waals surface area contributed by atoms with Crippen molar-refractivity contribution in [2.24, 2.45) is 0 Å². The molecule has 0 unspecified atom stereocenters. The van der Waals surface area contributed by atoms with Crippen molar-refractivity contribution in [3.8, 4) is 0 Å². The largest absolute Gasteiger partial charge is 0.465 e. The molecule has 0 N–H and O–H groups in total. The molecule has 1 atom stereocenters. The Balaban J connectivity index is 1.50. The fourth-order valence-corrected chi connectivity index (χ4v) is 6.10. The first-order valence-electron chi connectivity index (χ1n) is 15.3. The lowest BCUT2D eigenvalue weighted by molar-refractivity contribution is -0.138. The summed E-state index contributed by atoms with van der Waals surface area (Å²) < 4.78 is 63.7. The van der Waals surface area contributed by atoms with Gasteiger partial charge in [0, 0.05) is 50.5 Å². The number of hydrogen-bond donors (Lipinski definition) is 0. The van der Waals surface area contributed by atoms with E-state index < -0.39 is 46.9 Å². The monoisotopic (exact) mass is 652 g/mol. The molecular weight excluding hydrogens is 616 g/mol. The zero-order valence-electron chi connectivity index (χ0n) is 26.4. The molecule has 0 saturated carbocycles. The van der Waals surface area contributed by atoms with Crippen molar-refractivity contribution in [3.63, 3.8) is 0 Å². The highest BCUT2D eigenvalue weighted by Gasteiger charge is 2.35. The number of ether oxygens (including phenoxy) is 1. The number of methoxy groups -OCH3 is 1. The summed E-state index contributed by atoms with van der Waals surface area (Å²) in [6.07, 6.45) is -4.85. The number of alkyl halides is 3. The molecular formula is C35H36F4N4O4. The molecule has 2 heterocycles. The quantitative estimate of drug-likeness (QED) is 0.177. The Labute approximate surface area is 269 Å². The number of rotatable bonds is 9. The Hall–Kier alpha value is -4.71. The van der Waals surface area contributed by atoms with Crippen molar-refractivity contribution in [2.75, 3.05) is 38.2 Å². The summed E-state index contributed by atoms with van der Waals surface area (Å²) in [4.78, 5) is 43.9. The highest BCUT2D eigenvalue weighted by Crippen LogP contribution is 2.33. The van der Waals surface area contributed by atoms with E-state index in [0.29, 0.717) is 38.3 Å². The van der Waals surface area contributed by atoms with Gasteiger partial charge in [-0.15, -0.1) is 0 Å². The molecule has 1 aromatic heterocycles. The van der Waals surface area contributed by atoms with Crippen molar-refractivity contribution >= 4 is 11.7 Å². The van der Waals surface area contributed by atoms with Gasteiger partial charge in [-0.3, -0.25) is 18.8 Å². The van der Waals surface area contributed by atoms with Gasteiger partial charge in [0.2, 0.25) is 0 Å². The molecule has 8 nitrogen and oxygen atoms in total. The molecule has 47 heavy (non-hydrogen) atoms. The fraction of sp³-hybridized carbons (Fsp3) is 0.343. The van der Waals surface area contributed by atoms with Crippen LogP contribution in [0.4, 0.5) is 23.2 Å². The molecule has 0 spiro atoms. The first-order valence-corrected chi connectivity index (χ1v) is 15.3. The minimum absolute atomic E-state index is 0.0190. The van der Waals surface area contributed by atoms with E-state index in [9.17, 15) is 31.9 Å². The van der Waals surface area contributed by atoms with Crippen LogP contribution in [0.3, 0.4) is 0 Å². The predicted molar refractivity (Wildman–Crippen MR) is 170 cm³/mol. The van der Waals surface area contributed by atoms with Gasteiger partial charge in [-0.2, -0.15) is 13.2 Å². The molecule has 248 valence electrons. The van der Waals surface area contributed by atoms with Crippen molar-refractivity contribution in [1.82, 2.24) is 14.0 Å². The number of benzene rings is 3. The number of carbonyl (C=O) groups excluding carboxylic acids is 1. The van der Waals surface area contributed by atoms with Gasteiger partial charge in [-0.1, -0.05) is 55.5 Å². The third-order valence-corrected chi connectivity index (χ3v) is 8.67. The van der Waals surface area contributed by atoms with Crippen molar-refractivity contribution < 1.29 is 27.1 Å². The maximum Gasteiger partial charge on any atom is 0.416 e. The second kappa shape index (κ2) is 14.0. The first kappa shape index (κ1) is 33.6. The van der Waals surface area contributed by atoms with Crippen LogP contribution in [0.2, 0.25) is 0 Å². The van der Waals surface area contributed by atoms with Gasteiger partial charge in [-0.25, -0.2) is 14.0 Å². The molecule has 4 aromatic rings. The van der Waals surface area contributed by atoms with E-state index in [1.807, 2.05) is 48.2 Å². The van der Waals surface area contributed by atoms with Gasteiger partial charge in [0.15, 0.2) is 0 Å². The summed E-state index contributed by atoms with van der Waals surface area (Å²) in [6, 6.07) is 19.1. The number of halogens is 4. The number of anilines is 1. The molecule has 1 aliphatic rings. The Bertz CT molecular complexity index is 1860. The van der Waals surface area contributed by atoms with Gasteiger partial charge in [0.05, 0.1) is 24.8 Å². The second-order valence-corrected chi connectivity index (χ2v) is 11.7. The van der Waals surface area contributed by atoms with E-state index >= 15 is 0 Å². The summed E-state index contributed by atoms with van der Waals surface area (Å²) >= 11 is 0. The van der Waals surface area contributed by atoms with Crippen molar-refractivity contribution in [2.45, 2.75) is 45.6 Å². The van der Waals surface area contributed by atoms with Crippen molar-refractivity contribution in [3.05, 3.63) is 133 Å². The Morgan fingerprint density at radius 3 is 2.23 bits per heavy atom. The summed E-state index contributed by atoms with van der Waals surface area (Å²) in [6.45, 7) is 5.06. The lowest BCUT2D eigenvalue weighted by atomic mass is 10.0. The molecule has 3 aromatic carbocycles. The highest BCUT2D eigenvalue weighted by atomic mass is 19.4. The van der Waals surface area contributed by atoms with E-state index in [4.69, 9.17) is 4.74 Å². The molecule has 0 radical (unpaired) electrons. The van der Waals surface area contributed by atoms with Crippen LogP contribution in [0, 0.1) is 12.7 Å². The molecule has 1 aliphatic heterocycles. The molecule has 1 fully saturated rings. The van der Waals surface area contributed by atoms with E-state index in [-0.39, 0.29) is 23.8 Å². The molecule has 0 amide bonds. The minimum atomic E-state index is -4.85. The summed E-state index contributed by atoms with van der Waals surface area (Å²) in [7, 11) is 1.32. The van der Waals surface area contributed by atoms with E-state index in [0.717, 1.165) is 38.5 Å². The SMILES string of the molecule is COC(=O)c1cccc(CN2CCN(c3c(C)n(Cc4c(F)cccc4C(F)(F)F)c(=O)n(C[C@H](C)c4ccccc4)c3=O)CC2)c1. The van der Waals surface area contributed by atoms with E-state index in [2.05, 4.69) is 4.90 Å². The van der Waals surface area contributed by atoms with Crippen LogP contribution in [0.5, 0.6) is 0 Å². The van der Waals surface area contributed by atoms with E-state index in [1.54, 1.807) is 18.2 Å². The van der Waals surface area contributed by atoms with Crippen LogP contribution in [-0.2, 0) is 30.5 Å². The molecule has 1 saturated heterocycles. The summed E-state index contributed by atoms with van der Waals surface area (Å²) in [5.41, 5.74) is -0.604. The average molecular weight is 653 g/mol. The zero-order valence-corrected chi connectivity index (χ0v) is 26.4. The van der Waals surface area contributed by atoms with Gasteiger partial charge in [-0.05, 0) is 48.2 Å². The fourth-order valence-electron chi connectivity index (χ4n) is 6.10. The highest BCUT2D eigenvalue weighted by molar-refractivity contribution is 5.89. The number of nitrogens with zero attached hydrogens (tertiary/aromatic N) is 4. The number of hydrogen-bond acceptors (Lipinski definition) is 6. The molecule has 0 bridgehead atoms. The van der Waals surface area contributed by atoms with Crippen molar-refractivity contribution in [1.29, 1.82) is 0 Å². The van der Waals surface area contributed by atoms with E-state index in [1.165, 1.54) is 14.0 Å². The summed E-state index contributed by atoms with van der Waals surface area (Å²) in [5, 5.41) is 0. The molecule has 12 heteroatoms. The van der Waals surface area contributed by atoms with Gasteiger partial charge in [0.1, 0.15) is 11.5 Å². The van der Waals surface area contributed by atoms with Gasteiger partial charge >= 0.3 is 17.8 Å². The Morgan fingerprint density at radius 1 is 0.894 bits per heavy atom. The van der Waals surface area contributed by atoms with Crippen LogP contribution in [0.15, 0.2) is 82.4 Å². The predicted octanol–water partition coefficient (Wildman–Crippen LogP) is 5.44. The third-order valence-electron chi connectivity index (χ3n) is 8.67. The second-order valence-electron chi connectivity index (χ2n) is 11.7. The third kappa shape index (κ3) is 7.32. The molecule has 0 aliphatic carbocycles. The lowest BCUT2D eigenvalue weighted by Crippen LogP contribution is -2.51. The van der Waals surface area contributed by atoms with Crippen LogP contribution in [0.1, 0.15) is 51.1 Å². The topological polar surface area (TPSA) is 76.8 Å². The smallest absolute Gasteiger partial charge is 0.416 e. The van der Waals surface area contributed by atoms with Gasteiger partial charge < -0.3 is 9.64 Å². The normalized spacial score (nSPS) is 14.7. The number of carbonyl (C=O) groups is 1. The van der Waals surface area contributed by atoms with Crippen LogP contribution < -0.4 is 16.1 Å². The van der Waals surface area contributed by atoms with Crippen LogP contribution in [-0.4, -0.2) is 53.3 Å². The zero-order chi connectivity index (χ0) is 33.9. The lowest BCUT2D eigenvalue weighted by Gasteiger charge is -2.37. The maximum atomic E-state index is 15.0. The summed E-state index contributed by atoms with van der Waals surface area (Å²) in [5.74, 6) is -1.80.